The number of hydrogen-bond donors (Lipinski definition) is 0. The van der Waals surface area contributed by atoms with Gasteiger partial charge in [-0.3, -0.25) is 0 Å². The Morgan fingerprint density at radius 3 is 2.70 bits per heavy atom. The summed E-state index contributed by atoms with van der Waals surface area (Å²) in [6, 6.07) is 0. The van der Waals surface area contributed by atoms with Gasteiger partial charge in [-0.2, -0.15) is 0 Å². The first-order valence-electron chi connectivity index (χ1n) is 4.83. The average Bonchev–Trinajstić information content (AvgIpc) is 1.88. The van der Waals surface area contributed by atoms with Gasteiger partial charge in [-0.05, 0) is 18.3 Å². The second kappa shape index (κ2) is 4.00. The molecule has 1 saturated carbocycles. The van der Waals surface area contributed by atoms with E-state index in [0.29, 0.717) is 0 Å². The van der Waals surface area contributed by atoms with Gasteiger partial charge in [0.15, 0.2) is 0 Å². The maximum absolute atomic E-state index is 2.40. The van der Waals surface area contributed by atoms with Crippen molar-refractivity contribution in [1.82, 2.24) is 0 Å². The Morgan fingerprint density at radius 2 is 2.10 bits per heavy atom. The maximum Gasteiger partial charge on any atom is -0.0412 e. The third-order valence-corrected chi connectivity index (χ3v) is 2.74. The lowest BCUT2D eigenvalue weighted by molar-refractivity contribution is 0.268. The van der Waals surface area contributed by atoms with Crippen LogP contribution in [0.2, 0.25) is 0 Å². The minimum absolute atomic E-state index is 1.02. The highest BCUT2D eigenvalue weighted by Gasteiger charge is 2.17. The molecule has 0 aliphatic heterocycles. The second-order valence-corrected chi connectivity index (χ2v) is 3.93. The van der Waals surface area contributed by atoms with E-state index in [1.807, 2.05) is 0 Å². The molecule has 0 bridgehead atoms. The van der Waals surface area contributed by atoms with Crippen LogP contribution < -0.4 is 0 Å². The minimum Gasteiger partial charge on any atom is -0.0654 e. The highest BCUT2D eigenvalue weighted by molar-refractivity contribution is 4.69. The third kappa shape index (κ3) is 2.32. The first-order valence-corrected chi connectivity index (χ1v) is 4.83. The molecule has 0 spiro atoms. The molecule has 1 rings (SSSR count). The Balaban J connectivity index is 2.18. The minimum atomic E-state index is 1.02. The van der Waals surface area contributed by atoms with Gasteiger partial charge in [-0.15, -0.1) is 0 Å². The maximum atomic E-state index is 2.40. The smallest absolute Gasteiger partial charge is 0.0412 e. The van der Waals surface area contributed by atoms with Crippen molar-refractivity contribution in [2.45, 2.75) is 52.4 Å². The lowest BCUT2D eigenvalue weighted by Gasteiger charge is -2.26. The molecule has 0 aromatic carbocycles. The van der Waals surface area contributed by atoms with Crippen LogP contribution in [-0.2, 0) is 0 Å². The summed E-state index contributed by atoms with van der Waals surface area (Å²) in [4.78, 5) is 0. The summed E-state index contributed by atoms with van der Waals surface area (Å²) in [6.45, 7) is 4.71. The van der Waals surface area contributed by atoms with Crippen molar-refractivity contribution in [1.29, 1.82) is 0 Å². The largest absolute Gasteiger partial charge is 0.0654 e. The van der Waals surface area contributed by atoms with E-state index >= 15 is 0 Å². The van der Waals surface area contributed by atoms with Gasteiger partial charge >= 0.3 is 0 Å². The summed E-state index contributed by atoms with van der Waals surface area (Å²) in [7, 11) is 0. The molecule has 0 N–H and O–H groups in total. The van der Waals surface area contributed by atoms with E-state index in [-0.39, 0.29) is 0 Å². The van der Waals surface area contributed by atoms with Crippen LogP contribution in [0.5, 0.6) is 0 Å². The van der Waals surface area contributed by atoms with E-state index in [1.165, 1.54) is 38.5 Å². The molecule has 0 heterocycles. The molecule has 0 radical (unpaired) electrons. The molecule has 10 heavy (non-hydrogen) atoms. The van der Waals surface area contributed by atoms with Crippen molar-refractivity contribution in [2.75, 3.05) is 0 Å². The van der Waals surface area contributed by atoms with E-state index in [9.17, 15) is 0 Å². The predicted octanol–water partition coefficient (Wildman–Crippen LogP) is 3.61. The summed E-state index contributed by atoms with van der Waals surface area (Å²) in [5, 5.41) is 0. The fourth-order valence-corrected chi connectivity index (χ4v) is 2.23. The molecular formula is C10H20. The normalized spacial score (nSPS) is 34.2. The zero-order valence-electron chi connectivity index (χ0n) is 7.40. The zero-order chi connectivity index (χ0) is 7.40. The topological polar surface area (TPSA) is 0 Å². The monoisotopic (exact) mass is 140 g/mol. The molecule has 0 nitrogen and oxygen atoms in total. The van der Waals surface area contributed by atoms with Gasteiger partial charge in [-0.1, -0.05) is 46.0 Å². The van der Waals surface area contributed by atoms with E-state index in [0.717, 1.165) is 11.8 Å². The molecule has 0 heteroatoms. The van der Waals surface area contributed by atoms with Crippen LogP contribution in [0.3, 0.4) is 0 Å². The molecule has 0 saturated heterocycles. The lowest BCUT2D eigenvalue weighted by Crippen LogP contribution is -2.12. The average molecular weight is 140 g/mol. The van der Waals surface area contributed by atoms with Crippen LogP contribution >= 0.6 is 0 Å². The molecule has 0 amide bonds. The van der Waals surface area contributed by atoms with Crippen molar-refractivity contribution >= 4 is 0 Å². The SMILES string of the molecule is CCCC1CCC[C@H](C)C1. The van der Waals surface area contributed by atoms with E-state index in [4.69, 9.17) is 0 Å². The van der Waals surface area contributed by atoms with Crippen LogP contribution in [0, 0.1) is 11.8 Å². The van der Waals surface area contributed by atoms with Crippen LogP contribution in [0.25, 0.3) is 0 Å². The van der Waals surface area contributed by atoms with Crippen molar-refractivity contribution in [3.8, 4) is 0 Å². The number of rotatable bonds is 2. The highest BCUT2D eigenvalue weighted by Crippen LogP contribution is 2.31. The highest BCUT2D eigenvalue weighted by atomic mass is 14.2. The fourth-order valence-electron chi connectivity index (χ4n) is 2.23. The molecule has 1 fully saturated rings. The predicted molar refractivity (Wildman–Crippen MR) is 46.0 cm³/mol. The van der Waals surface area contributed by atoms with Gasteiger partial charge in [0, 0.05) is 0 Å². The molecule has 1 aliphatic rings. The van der Waals surface area contributed by atoms with Crippen molar-refractivity contribution in [3.63, 3.8) is 0 Å². The Kier molecular flexibility index (Phi) is 3.24. The second-order valence-electron chi connectivity index (χ2n) is 3.93. The van der Waals surface area contributed by atoms with Gasteiger partial charge in [0.1, 0.15) is 0 Å². The van der Waals surface area contributed by atoms with Gasteiger partial charge in [0.05, 0.1) is 0 Å². The van der Waals surface area contributed by atoms with Crippen molar-refractivity contribution in [2.24, 2.45) is 11.8 Å². The van der Waals surface area contributed by atoms with Crippen molar-refractivity contribution < 1.29 is 0 Å². The summed E-state index contributed by atoms with van der Waals surface area (Å²) in [5.74, 6) is 2.10. The Labute approximate surface area is 65.0 Å². The molecule has 60 valence electrons. The Hall–Kier alpha value is 0. The third-order valence-electron chi connectivity index (χ3n) is 2.74. The summed E-state index contributed by atoms with van der Waals surface area (Å²) >= 11 is 0. The van der Waals surface area contributed by atoms with E-state index in [2.05, 4.69) is 13.8 Å². The zero-order valence-corrected chi connectivity index (χ0v) is 7.40. The molecule has 2 atom stereocenters. The summed E-state index contributed by atoms with van der Waals surface area (Å²) in [6.07, 6.45) is 8.86. The first kappa shape index (κ1) is 8.10. The van der Waals surface area contributed by atoms with E-state index < -0.39 is 0 Å². The van der Waals surface area contributed by atoms with Gasteiger partial charge in [0.2, 0.25) is 0 Å². The lowest BCUT2D eigenvalue weighted by atomic mass is 9.80. The van der Waals surface area contributed by atoms with Crippen molar-refractivity contribution in [3.05, 3.63) is 0 Å². The Morgan fingerprint density at radius 1 is 1.30 bits per heavy atom. The summed E-state index contributed by atoms with van der Waals surface area (Å²) < 4.78 is 0. The fraction of sp³-hybridized carbons (Fsp3) is 1.00. The molecular weight excluding hydrogens is 120 g/mol. The van der Waals surface area contributed by atoms with Gasteiger partial charge in [0.25, 0.3) is 0 Å². The molecule has 0 aromatic heterocycles. The number of hydrogen-bond acceptors (Lipinski definition) is 0. The molecule has 1 unspecified atom stereocenters. The van der Waals surface area contributed by atoms with E-state index in [1.54, 1.807) is 0 Å². The van der Waals surface area contributed by atoms with Crippen LogP contribution in [0.1, 0.15) is 52.4 Å². The van der Waals surface area contributed by atoms with Gasteiger partial charge < -0.3 is 0 Å². The van der Waals surface area contributed by atoms with Crippen LogP contribution in [-0.4, -0.2) is 0 Å². The standard InChI is InChI=1S/C10H20/c1-3-5-10-7-4-6-9(2)8-10/h9-10H,3-8H2,1-2H3/t9-,10?/m0/s1. The first-order chi connectivity index (χ1) is 4.83. The van der Waals surface area contributed by atoms with Crippen LogP contribution in [0.15, 0.2) is 0 Å². The Bertz CT molecular complexity index is 84.0. The molecule has 0 aromatic rings. The quantitative estimate of drug-likeness (QED) is 0.549. The van der Waals surface area contributed by atoms with Crippen LogP contribution in [0.4, 0.5) is 0 Å². The summed E-state index contributed by atoms with van der Waals surface area (Å²) in [5.41, 5.74) is 0. The van der Waals surface area contributed by atoms with Gasteiger partial charge in [-0.25, -0.2) is 0 Å². The molecule has 1 aliphatic carbocycles.